The Balaban J connectivity index is 0.00000323. The molecule has 0 N–H and O–H groups in total. The minimum Gasteiger partial charge on any atom is -0.411 e. The minimum absolute atomic E-state index is 0. The van der Waals surface area contributed by atoms with E-state index in [1.54, 1.807) is 0 Å². The standard InChI is InChI=1S/C31H30N8.Pd/c1-31(2,27-15-21(36(3)4)17-29(34-27)38-19-32-23-11-7-9-13-25(23)38)28-16-22(37(5)6)18-30(35-28)39-20-33-24-12-8-10-14-26(24)39;/h7-18H,1-6H3;/q-2;+2. The van der Waals surface area contributed by atoms with Crippen LogP contribution in [0.5, 0.6) is 0 Å². The SMILES string of the molecule is CN(C)c1cc(-n2[c-]nc3ccccc32)nc(C(C)(C)c2cc(N(C)C)cc(-n3[c-]nc4ccccc43)n2)c1.[Pd+2]. The van der Waals surface area contributed by atoms with Gasteiger partial charge < -0.3 is 28.9 Å². The van der Waals surface area contributed by atoms with Crippen LogP contribution >= 0.6 is 0 Å². The molecule has 0 saturated carbocycles. The van der Waals surface area contributed by atoms with Gasteiger partial charge in [0.2, 0.25) is 0 Å². The van der Waals surface area contributed by atoms with E-state index in [1.165, 1.54) is 0 Å². The Morgan fingerprint density at radius 3 is 1.43 bits per heavy atom. The van der Waals surface area contributed by atoms with Crippen LogP contribution in [0.2, 0.25) is 0 Å². The zero-order chi connectivity index (χ0) is 27.3. The van der Waals surface area contributed by atoms with Crippen LogP contribution in [0, 0.1) is 12.7 Å². The topological polar surface area (TPSA) is 67.9 Å². The Morgan fingerprint density at radius 2 is 1.02 bits per heavy atom. The fourth-order valence-corrected chi connectivity index (χ4v) is 4.68. The van der Waals surface area contributed by atoms with Gasteiger partial charge in [-0.1, -0.05) is 59.6 Å². The molecule has 0 aliphatic carbocycles. The van der Waals surface area contributed by atoms with Gasteiger partial charge in [0.15, 0.2) is 0 Å². The third-order valence-corrected chi connectivity index (χ3v) is 7.15. The van der Waals surface area contributed by atoms with E-state index in [1.807, 2.05) is 85.9 Å². The summed E-state index contributed by atoms with van der Waals surface area (Å²) in [6.45, 7) is 4.32. The van der Waals surface area contributed by atoms with Gasteiger partial charge in [0.25, 0.3) is 0 Å². The predicted octanol–water partition coefficient (Wildman–Crippen LogP) is 5.21. The number of para-hydroxylation sites is 4. The molecular weight excluding hydrogens is 591 g/mol. The Hall–Kier alpha value is -4.06. The number of aromatic nitrogens is 6. The summed E-state index contributed by atoms with van der Waals surface area (Å²) in [6.07, 6.45) is 6.26. The van der Waals surface area contributed by atoms with E-state index < -0.39 is 5.41 Å². The molecule has 204 valence electrons. The maximum absolute atomic E-state index is 5.16. The molecule has 0 spiro atoms. The zero-order valence-corrected chi connectivity index (χ0v) is 24.9. The summed E-state index contributed by atoms with van der Waals surface area (Å²) >= 11 is 0. The van der Waals surface area contributed by atoms with Crippen molar-refractivity contribution in [3.63, 3.8) is 0 Å². The van der Waals surface area contributed by atoms with Crippen LogP contribution in [0.15, 0.2) is 72.8 Å². The number of nitrogens with zero attached hydrogens (tertiary/aromatic N) is 8. The van der Waals surface area contributed by atoms with Gasteiger partial charge in [-0.3, -0.25) is 9.97 Å². The molecule has 4 heterocycles. The Morgan fingerprint density at radius 1 is 0.625 bits per heavy atom. The first-order valence-corrected chi connectivity index (χ1v) is 12.8. The summed E-state index contributed by atoms with van der Waals surface area (Å²) in [6, 6.07) is 24.4. The number of hydrogen-bond acceptors (Lipinski definition) is 6. The molecule has 0 radical (unpaired) electrons. The molecule has 2 aromatic carbocycles. The molecule has 8 nitrogen and oxygen atoms in total. The van der Waals surface area contributed by atoms with Crippen LogP contribution < -0.4 is 9.80 Å². The van der Waals surface area contributed by atoms with E-state index in [0.29, 0.717) is 0 Å². The number of hydrogen-bond donors (Lipinski definition) is 0. The molecule has 0 bridgehead atoms. The van der Waals surface area contributed by atoms with E-state index in [9.17, 15) is 0 Å². The minimum atomic E-state index is -0.533. The van der Waals surface area contributed by atoms with E-state index in [4.69, 9.17) is 9.97 Å². The third-order valence-electron chi connectivity index (χ3n) is 7.15. The molecule has 6 aromatic rings. The summed E-state index contributed by atoms with van der Waals surface area (Å²) in [5, 5.41) is 0. The van der Waals surface area contributed by atoms with E-state index >= 15 is 0 Å². The van der Waals surface area contributed by atoms with Crippen molar-refractivity contribution in [2.45, 2.75) is 19.3 Å². The third kappa shape index (κ3) is 4.76. The summed E-state index contributed by atoms with van der Waals surface area (Å²) < 4.78 is 3.84. The Bertz CT molecular complexity index is 1680. The number of imidazole rings is 2. The maximum Gasteiger partial charge on any atom is 2.00 e. The van der Waals surface area contributed by atoms with Gasteiger partial charge in [-0.2, -0.15) is 0 Å². The van der Waals surface area contributed by atoms with E-state index in [-0.39, 0.29) is 20.4 Å². The molecular formula is C31H30N8Pd. The molecule has 0 saturated heterocycles. The predicted molar refractivity (Wildman–Crippen MR) is 156 cm³/mol. The number of pyridine rings is 2. The van der Waals surface area contributed by atoms with Crippen molar-refractivity contribution in [2.75, 3.05) is 38.0 Å². The van der Waals surface area contributed by atoms with Crippen LogP contribution in [0.1, 0.15) is 25.2 Å². The monoisotopic (exact) mass is 620 g/mol. The molecule has 40 heavy (non-hydrogen) atoms. The van der Waals surface area contributed by atoms with Crippen LogP contribution in [0.3, 0.4) is 0 Å². The summed E-state index contributed by atoms with van der Waals surface area (Å²) in [4.78, 5) is 23.4. The first kappa shape index (κ1) is 27.5. The zero-order valence-electron chi connectivity index (χ0n) is 23.3. The van der Waals surface area contributed by atoms with Crippen molar-refractivity contribution in [2.24, 2.45) is 0 Å². The number of anilines is 2. The van der Waals surface area contributed by atoms with Crippen molar-refractivity contribution in [1.82, 2.24) is 29.1 Å². The van der Waals surface area contributed by atoms with Crippen molar-refractivity contribution < 1.29 is 20.4 Å². The maximum atomic E-state index is 5.16. The van der Waals surface area contributed by atoms with E-state index in [2.05, 4.69) is 70.5 Å². The molecule has 6 rings (SSSR count). The molecule has 0 aliphatic rings. The molecule has 0 fully saturated rings. The van der Waals surface area contributed by atoms with Gasteiger partial charge in [0.1, 0.15) is 0 Å². The fraction of sp³-hybridized carbons (Fsp3) is 0.226. The van der Waals surface area contributed by atoms with Gasteiger partial charge in [-0.05, 0) is 49.1 Å². The van der Waals surface area contributed by atoms with Gasteiger partial charge in [-0.15, -0.1) is 0 Å². The van der Waals surface area contributed by atoms with Crippen molar-refractivity contribution in [3.8, 4) is 11.6 Å². The molecule has 0 atom stereocenters. The van der Waals surface area contributed by atoms with Gasteiger partial charge in [-0.25, -0.2) is 0 Å². The van der Waals surface area contributed by atoms with Crippen LogP contribution in [-0.2, 0) is 25.8 Å². The Kier molecular flexibility index (Phi) is 7.22. The van der Waals surface area contributed by atoms with Crippen molar-refractivity contribution >= 4 is 33.4 Å². The first-order chi connectivity index (χ1) is 18.7. The fourth-order valence-electron chi connectivity index (χ4n) is 4.68. The first-order valence-electron chi connectivity index (χ1n) is 12.8. The van der Waals surface area contributed by atoms with Crippen LogP contribution in [0.25, 0.3) is 33.7 Å². The molecule has 0 amide bonds. The van der Waals surface area contributed by atoms with Crippen molar-refractivity contribution in [3.05, 3.63) is 96.8 Å². The number of benzene rings is 2. The quantitative estimate of drug-likeness (QED) is 0.188. The second-order valence-corrected chi connectivity index (χ2v) is 10.6. The second kappa shape index (κ2) is 10.5. The van der Waals surface area contributed by atoms with Gasteiger partial charge in [0, 0.05) is 69.0 Å². The molecule has 0 unspecified atom stereocenters. The number of rotatable bonds is 6. The van der Waals surface area contributed by atoms with Gasteiger partial charge >= 0.3 is 20.4 Å². The van der Waals surface area contributed by atoms with Crippen LogP contribution in [0.4, 0.5) is 11.4 Å². The molecule has 0 aliphatic heterocycles. The summed E-state index contributed by atoms with van der Waals surface area (Å²) in [5.74, 6) is 1.52. The molecule has 9 heteroatoms. The van der Waals surface area contributed by atoms with Crippen molar-refractivity contribution in [1.29, 1.82) is 0 Å². The normalized spacial score (nSPS) is 11.6. The summed E-state index contributed by atoms with van der Waals surface area (Å²) in [5.41, 5.74) is 7.00. The number of fused-ring (bicyclic) bond motifs is 2. The smallest absolute Gasteiger partial charge is 0.411 e. The summed E-state index contributed by atoms with van der Waals surface area (Å²) in [7, 11) is 8.15. The second-order valence-electron chi connectivity index (χ2n) is 10.6. The Labute approximate surface area is 248 Å². The molecule has 4 aromatic heterocycles. The largest absolute Gasteiger partial charge is 2.00 e. The average Bonchev–Trinajstić information content (AvgIpc) is 3.57. The van der Waals surface area contributed by atoms with Crippen LogP contribution in [-0.4, -0.2) is 57.3 Å². The average molecular weight is 621 g/mol. The van der Waals surface area contributed by atoms with Gasteiger partial charge in [0.05, 0.1) is 11.6 Å². The van der Waals surface area contributed by atoms with E-state index in [0.717, 1.165) is 56.5 Å².